The lowest BCUT2D eigenvalue weighted by Crippen LogP contribution is -2.18. The summed E-state index contributed by atoms with van der Waals surface area (Å²) in [6.45, 7) is 2.43. The maximum Gasteiger partial charge on any atom is 0.407 e. The number of alkyl carbamates (subject to hydrolysis) is 1. The molecule has 2 rings (SSSR count). The quantitative estimate of drug-likeness (QED) is 0.838. The summed E-state index contributed by atoms with van der Waals surface area (Å²) >= 11 is 3.42. The molecule has 0 saturated carbocycles. The number of aryl methyl sites for hydroxylation is 1. The van der Waals surface area contributed by atoms with Crippen LogP contribution in [0.3, 0.4) is 0 Å². The van der Waals surface area contributed by atoms with Gasteiger partial charge in [-0.25, -0.2) is 4.79 Å². The fourth-order valence-corrected chi connectivity index (χ4v) is 2.16. The van der Waals surface area contributed by atoms with Crippen molar-refractivity contribution in [1.29, 1.82) is 0 Å². The van der Waals surface area contributed by atoms with E-state index in [9.17, 15) is 4.79 Å². The van der Waals surface area contributed by atoms with Crippen LogP contribution in [0, 0.1) is 6.92 Å². The number of cyclic esters (lactones) is 1. The molecular weight excluding hydrogens is 246 g/mol. The number of hydrogen-bond donors (Lipinski definition) is 1. The first kappa shape index (κ1) is 9.52. The van der Waals surface area contributed by atoms with Gasteiger partial charge >= 0.3 is 6.09 Å². The van der Waals surface area contributed by atoms with E-state index in [1.54, 1.807) is 0 Å². The second-order valence-corrected chi connectivity index (χ2v) is 4.27. The summed E-state index contributed by atoms with van der Waals surface area (Å²) < 4.78 is 5.86. The van der Waals surface area contributed by atoms with Gasteiger partial charge in [-0.2, -0.15) is 0 Å². The molecule has 1 heterocycles. The average molecular weight is 256 g/mol. The predicted octanol–water partition coefficient (Wildman–Crippen LogP) is 2.54. The molecule has 1 aliphatic rings. The fourth-order valence-electron chi connectivity index (χ4n) is 1.53. The van der Waals surface area contributed by atoms with Crippen LogP contribution >= 0.6 is 15.9 Å². The van der Waals surface area contributed by atoms with Gasteiger partial charge in [0.2, 0.25) is 0 Å². The van der Waals surface area contributed by atoms with Crippen molar-refractivity contribution < 1.29 is 9.53 Å². The summed E-state index contributed by atoms with van der Waals surface area (Å²) in [5.41, 5.74) is 2.23. The highest BCUT2D eigenvalue weighted by atomic mass is 79.9. The minimum Gasteiger partial charge on any atom is -0.447 e. The summed E-state index contributed by atoms with van der Waals surface area (Å²) in [6, 6.07) is 6.05. The highest BCUT2D eigenvalue weighted by Gasteiger charge is 2.23. The monoisotopic (exact) mass is 255 g/mol. The molecule has 1 aliphatic heterocycles. The molecule has 1 aromatic rings. The van der Waals surface area contributed by atoms with Crippen LogP contribution in [0.5, 0.6) is 0 Å². The van der Waals surface area contributed by atoms with Crippen molar-refractivity contribution in [3.05, 3.63) is 33.8 Å². The van der Waals surface area contributed by atoms with Crippen molar-refractivity contribution in [2.75, 3.05) is 6.61 Å². The van der Waals surface area contributed by atoms with Crippen LogP contribution in [0.4, 0.5) is 4.79 Å². The Labute approximate surface area is 90.6 Å². The maximum atomic E-state index is 10.9. The average Bonchev–Trinajstić information content (AvgIpc) is 2.50. The van der Waals surface area contributed by atoms with E-state index in [1.165, 1.54) is 0 Å². The van der Waals surface area contributed by atoms with Crippen LogP contribution < -0.4 is 5.32 Å². The van der Waals surface area contributed by atoms with Gasteiger partial charge in [-0.15, -0.1) is 0 Å². The van der Waals surface area contributed by atoms with Crippen LogP contribution in [-0.2, 0) is 4.74 Å². The SMILES string of the molecule is Cc1cc(Br)cc(C2COC(=O)N2)c1. The Hall–Kier alpha value is -1.03. The molecule has 1 N–H and O–H groups in total. The van der Waals surface area contributed by atoms with Crippen LogP contribution in [0.25, 0.3) is 0 Å². The van der Waals surface area contributed by atoms with Gasteiger partial charge in [0, 0.05) is 4.47 Å². The highest BCUT2D eigenvalue weighted by molar-refractivity contribution is 9.10. The molecule has 1 aromatic carbocycles. The Morgan fingerprint density at radius 2 is 2.29 bits per heavy atom. The first-order chi connectivity index (χ1) is 6.65. The first-order valence-corrected chi connectivity index (χ1v) is 5.15. The third kappa shape index (κ3) is 1.90. The lowest BCUT2D eigenvalue weighted by molar-refractivity contribution is 0.177. The van der Waals surface area contributed by atoms with Gasteiger partial charge in [-0.1, -0.05) is 22.0 Å². The van der Waals surface area contributed by atoms with E-state index in [-0.39, 0.29) is 12.1 Å². The minimum atomic E-state index is -0.340. The topological polar surface area (TPSA) is 38.3 Å². The molecule has 0 aromatic heterocycles. The van der Waals surface area contributed by atoms with Gasteiger partial charge in [0.05, 0.1) is 6.04 Å². The van der Waals surface area contributed by atoms with E-state index >= 15 is 0 Å². The first-order valence-electron chi connectivity index (χ1n) is 4.35. The Morgan fingerprint density at radius 3 is 2.86 bits per heavy atom. The second-order valence-electron chi connectivity index (χ2n) is 3.36. The van der Waals surface area contributed by atoms with Crippen molar-refractivity contribution in [2.45, 2.75) is 13.0 Å². The van der Waals surface area contributed by atoms with Crippen molar-refractivity contribution >= 4 is 22.0 Å². The molecule has 1 amide bonds. The number of ether oxygens (including phenoxy) is 1. The molecule has 0 spiro atoms. The molecule has 1 saturated heterocycles. The Bertz CT molecular complexity index is 358. The third-order valence-corrected chi connectivity index (χ3v) is 2.60. The van der Waals surface area contributed by atoms with Crippen molar-refractivity contribution in [3.63, 3.8) is 0 Å². The summed E-state index contributed by atoms with van der Waals surface area (Å²) in [5.74, 6) is 0. The molecule has 0 aliphatic carbocycles. The molecular formula is C10H10BrNO2. The second kappa shape index (κ2) is 3.61. The van der Waals surface area contributed by atoms with E-state index in [4.69, 9.17) is 4.74 Å². The van der Waals surface area contributed by atoms with Gasteiger partial charge in [0.1, 0.15) is 6.61 Å². The number of carbonyl (C=O) groups excluding carboxylic acids is 1. The zero-order chi connectivity index (χ0) is 10.1. The van der Waals surface area contributed by atoms with E-state index in [0.29, 0.717) is 6.61 Å². The standard InChI is InChI=1S/C10H10BrNO2/c1-6-2-7(4-8(11)3-6)9-5-14-10(13)12-9/h2-4,9H,5H2,1H3,(H,12,13). The molecule has 1 fully saturated rings. The smallest absolute Gasteiger partial charge is 0.407 e. The molecule has 1 unspecified atom stereocenters. The molecule has 0 bridgehead atoms. The minimum absolute atomic E-state index is 0.0151. The number of rotatable bonds is 1. The van der Waals surface area contributed by atoms with Crippen molar-refractivity contribution in [2.24, 2.45) is 0 Å². The molecule has 0 radical (unpaired) electrons. The summed E-state index contributed by atoms with van der Waals surface area (Å²) in [4.78, 5) is 10.9. The van der Waals surface area contributed by atoms with Gasteiger partial charge in [-0.3, -0.25) is 0 Å². The molecule has 3 nitrogen and oxygen atoms in total. The Balaban J connectivity index is 2.27. The predicted molar refractivity (Wildman–Crippen MR) is 56.1 cm³/mol. The lowest BCUT2D eigenvalue weighted by Gasteiger charge is -2.09. The van der Waals surface area contributed by atoms with Crippen LogP contribution in [0.15, 0.2) is 22.7 Å². The molecule has 4 heteroatoms. The zero-order valence-electron chi connectivity index (χ0n) is 7.71. The molecule has 74 valence electrons. The summed E-state index contributed by atoms with van der Waals surface area (Å²) in [5, 5.41) is 2.74. The van der Waals surface area contributed by atoms with Gasteiger partial charge < -0.3 is 10.1 Å². The van der Waals surface area contributed by atoms with Gasteiger partial charge in [0.25, 0.3) is 0 Å². The van der Waals surface area contributed by atoms with Gasteiger partial charge in [0.15, 0.2) is 0 Å². The van der Waals surface area contributed by atoms with E-state index in [2.05, 4.69) is 21.2 Å². The number of halogens is 1. The lowest BCUT2D eigenvalue weighted by atomic mass is 10.1. The highest BCUT2D eigenvalue weighted by Crippen LogP contribution is 2.23. The van der Waals surface area contributed by atoms with Gasteiger partial charge in [-0.05, 0) is 30.2 Å². The Morgan fingerprint density at radius 1 is 1.50 bits per heavy atom. The number of benzene rings is 1. The van der Waals surface area contributed by atoms with E-state index in [1.807, 2.05) is 25.1 Å². The number of hydrogen-bond acceptors (Lipinski definition) is 2. The largest absolute Gasteiger partial charge is 0.447 e. The summed E-state index contributed by atoms with van der Waals surface area (Å²) in [7, 11) is 0. The van der Waals surface area contributed by atoms with Crippen LogP contribution in [0.1, 0.15) is 17.2 Å². The fraction of sp³-hybridized carbons (Fsp3) is 0.300. The number of amides is 1. The van der Waals surface area contributed by atoms with Crippen LogP contribution in [0.2, 0.25) is 0 Å². The molecule has 14 heavy (non-hydrogen) atoms. The summed E-state index contributed by atoms with van der Waals surface area (Å²) in [6.07, 6.45) is -0.340. The number of carbonyl (C=O) groups is 1. The number of nitrogens with one attached hydrogen (secondary N) is 1. The van der Waals surface area contributed by atoms with E-state index in [0.717, 1.165) is 15.6 Å². The van der Waals surface area contributed by atoms with Crippen LogP contribution in [-0.4, -0.2) is 12.7 Å². The third-order valence-electron chi connectivity index (χ3n) is 2.14. The maximum absolute atomic E-state index is 10.9. The Kier molecular flexibility index (Phi) is 2.46. The zero-order valence-corrected chi connectivity index (χ0v) is 9.30. The van der Waals surface area contributed by atoms with Crippen molar-refractivity contribution in [3.8, 4) is 0 Å². The normalized spacial score (nSPS) is 20.4. The van der Waals surface area contributed by atoms with E-state index < -0.39 is 0 Å². The molecule has 1 atom stereocenters. The van der Waals surface area contributed by atoms with Crippen molar-refractivity contribution in [1.82, 2.24) is 5.32 Å².